The van der Waals surface area contributed by atoms with Crippen LogP contribution in [-0.2, 0) is 30.4 Å². The molecule has 36 heavy (non-hydrogen) atoms. The van der Waals surface area contributed by atoms with E-state index in [2.05, 4.69) is 16.0 Å². The number of aliphatic carboxylic acids is 1. The Morgan fingerprint density at radius 1 is 0.778 bits per heavy atom. The summed E-state index contributed by atoms with van der Waals surface area (Å²) in [5, 5.41) is 16.9. The summed E-state index contributed by atoms with van der Waals surface area (Å²) in [5.41, 5.74) is 12.0. The normalized spacial score (nSPS) is 14.4. The highest BCUT2D eigenvalue weighted by Crippen LogP contribution is 2.10. The van der Waals surface area contributed by atoms with Crippen LogP contribution in [-0.4, -0.2) is 58.9 Å². The van der Waals surface area contributed by atoms with Crippen LogP contribution in [0.15, 0.2) is 30.3 Å². The quantitative estimate of drug-likeness (QED) is 0.194. The van der Waals surface area contributed by atoms with Crippen LogP contribution in [0.2, 0.25) is 0 Å². The number of rotatable bonds is 15. The molecule has 4 unspecified atom stereocenters. The number of carboxylic acid groups (broad SMARTS) is 1. The molecule has 1 aromatic carbocycles. The van der Waals surface area contributed by atoms with E-state index >= 15 is 0 Å². The highest BCUT2D eigenvalue weighted by atomic mass is 16.4. The van der Waals surface area contributed by atoms with Crippen LogP contribution in [0.4, 0.5) is 0 Å². The number of hydrogen-bond donors (Lipinski definition) is 6. The second-order valence-electron chi connectivity index (χ2n) is 9.75. The first kappa shape index (κ1) is 30.6. The van der Waals surface area contributed by atoms with Crippen molar-refractivity contribution < 1.29 is 29.1 Å². The van der Waals surface area contributed by atoms with Crippen molar-refractivity contribution >= 4 is 29.6 Å². The van der Waals surface area contributed by atoms with Gasteiger partial charge in [0.25, 0.3) is 0 Å². The van der Waals surface area contributed by atoms with Crippen molar-refractivity contribution in [1.82, 2.24) is 16.0 Å². The van der Waals surface area contributed by atoms with Gasteiger partial charge in [-0.1, -0.05) is 58.0 Å². The second-order valence-corrected chi connectivity index (χ2v) is 9.75. The van der Waals surface area contributed by atoms with E-state index in [1.54, 1.807) is 0 Å². The SMILES string of the molecule is CC(C)CC(NC(=O)C(N)Cc1ccccc1)C(=O)NC(CC(C)C)C(=O)NC(CC(N)=O)C(=O)O. The van der Waals surface area contributed by atoms with Gasteiger partial charge in [-0.15, -0.1) is 0 Å². The van der Waals surface area contributed by atoms with E-state index in [0.29, 0.717) is 6.42 Å². The maximum Gasteiger partial charge on any atom is 0.326 e. The van der Waals surface area contributed by atoms with Crippen molar-refractivity contribution in [1.29, 1.82) is 0 Å². The van der Waals surface area contributed by atoms with E-state index < -0.39 is 60.2 Å². The molecule has 11 nitrogen and oxygen atoms in total. The lowest BCUT2D eigenvalue weighted by Gasteiger charge is -2.26. The fraction of sp³-hybridized carbons (Fsp3) is 0.560. The summed E-state index contributed by atoms with van der Waals surface area (Å²) in [6.45, 7) is 7.44. The van der Waals surface area contributed by atoms with Crippen LogP contribution in [0.5, 0.6) is 0 Å². The molecule has 0 saturated carbocycles. The molecule has 0 aliphatic heterocycles. The monoisotopic (exact) mass is 505 g/mol. The molecule has 0 aliphatic rings. The van der Waals surface area contributed by atoms with E-state index in [1.807, 2.05) is 58.0 Å². The van der Waals surface area contributed by atoms with Crippen molar-refractivity contribution in [2.24, 2.45) is 23.3 Å². The lowest BCUT2D eigenvalue weighted by Crippen LogP contribution is -2.58. The van der Waals surface area contributed by atoms with Crippen LogP contribution in [0, 0.1) is 11.8 Å². The van der Waals surface area contributed by atoms with Crippen molar-refractivity contribution in [3.8, 4) is 0 Å². The number of carbonyl (C=O) groups excluding carboxylic acids is 4. The van der Waals surface area contributed by atoms with Crippen LogP contribution < -0.4 is 27.4 Å². The fourth-order valence-electron chi connectivity index (χ4n) is 3.59. The lowest BCUT2D eigenvalue weighted by molar-refractivity contribution is -0.144. The Labute approximate surface area is 211 Å². The smallest absolute Gasteiger partial charge is 0.326 e. The zero-order valence-corrected chi connectivity index (χ0v) is 21.3. The highest BCUT2D eigenvalue weighted by molar-refractivity contribution is 5.94. The van der Waals surface area contributed by atoms with Crippen molar-refractivity contribution in [2.45, 2.75) is 77.5 Å². The predicted molar refractivity (Wildman–Crippen MR) is 134 cm³/mol. The third-order valence-corrected chi connectivity index (χ3v) is 5.34. The van der Waals surface area contributed by atoms with E-state index in [4.69, 9.17) is 11.5 Å². The van der Waals surface area contributed by atoms with Gasteiger partial charge in [0, 0.05) is 0 Å². The highest BCUT2D eigenvalue weighted by Gasteiger charge is 2.31. The molecule has 1 rings (SSSR count). The predicted octanol–water partition coefficient (Wildman–Crippen LogP) is 0.0630. The summed E-state index contributed by atoms with van der Waals surface area (Å²) in [7, 11) is 0. The Morgan fingerprint density at radius 3 is 1.64 bits per heavy atom. The maximum atomic E-state index is 13.2. The number of benzene rings is 1. The van der Waals surface area contributed by atoms with E-state index in [9.17, 15) is 29.1 Å². The Balaban J connectivity index is 2.97. The maximum absolute atomic E-state index is 13.2. The Morgan fingerprint density at radius 2 is 1.22 bits per heavy atom. The average Bonchev–Trinajstić information content (AvgIpc) is 2.77. The molecule has 1 aromatic rings. The largest absolute Gasteiger partial charge is 0.480 e. The number of hydrogen-bond acceptors (Lipinski definition) is 6. The topological polar surface area (TPSA) is 194 Å². The Kier molecular flexibility index (Phi) is 12.6. The standard InChI is InChI=1S/C25H39N5O6/c1-14(2)10-18(28-22(32)17(26)12-16-8-6-5-7-9-16)23(33)29-19(11-15(3)4)24(34)30-20(25(35)36)13-21(27)31/h5-9,14-15,17-20H,10-13,26H2,1-4H3,(H2,27,31)(H,28,32)(H,29,33)(H,30,34)(H,35,36). The number of amides is 4. The van der Waals surface area contributed by atoms with Gasteiger partial charge < -0.3 is 32.5 Å². The Bertz CT molecular complexity index is 905. The molecule has 0 aliphatic carbocycles. The van der Waals surface area contributed by atoms with Gasteiger partial charge in [-0.3, -0.25) is 19.2 Å². The first-order chi connectivity index (χ1) is 16.8. The first-order valence-electron chi connectivity index (χ1n) is 12.0. The van der Waals surface area contributed by atoms with Crippen LogP contribution in [0.3, 0.4) is 0 Å². The number of nitrogens with one attached hydrogen (secondary N) is 3. The molecule has 0 bridgehead atoms. The molecular weight excluding hydrogens is 466 g/mol. The Hall–Kier alpha value is -3.47. The summed E-state index contributed by atoms with van der Waals surface area (Å²) in [5.74, 6) is -4.16. The summed E-state index contributed by atoms with van der Waals surface area (Å²) >= 11 is 0. The third kappa shape index (κ3) is 11.3. The zero-order valence-electron chi connectivity index (χ0n) is 21.3. The summed E-state index contributed by atoms with van der Waals surface area (Å²) in [6.07, 6.45) is 0.202. The van der Waals surface area contributed by atoms with Crippen molar-refractivity contribution in [2.75, 3.05) is 0 Å². The van der Waals surface area contributed by atoms with Gasteiger partial charge in [0.2, 0.25) is 23.6 Å². The molecule has 8 N–H and O–H groups in total. The second kappa shape index (κ2) is 14.8. The molecule has 0 aromatic heterocycles. The summed E-state index contributed by atoms with van der Waals surface area (Å²) in [4.78, 5) is 61.3. The minimum Gasteiger partial charge on any atom is -0.480 e. The molecule has 0 fully saturated rings. The van der Waals surface area contributed by atoms with E-state index in [-0.39, 0.29) is 24.7 Å². The van der Waals surface area contributed by atoms with Crippen molar-refractivity contribution in [3.05, 3.63) is 35.9 Å². The molecule has 0 heterocycles. The van der Waals surface area contributed by atoms with Gasteiger partial charge >= 0.3 is 5.97 Å². The van der Waals surface area contributed by atoms with Crippen molar-refractivity contribution in [3.63, 3.8) is 0 Å². The lowest BCUT2D eigenvalue weighted by atomic mass is 9.99. The third-order valence-electron chi connectivity index (χ3n) is 5.34. The fourth-order valence-corrected chi connectivity index (χ4v) is 3.59. The van der Waals surface area contributed by atoms with Crippen LogP contribution in [0.25, 0.3) is 0 Å². The minimum absolute atomic E-state index is 0.0297. The molecule has 0 radical (unpaired) electrons. The van der Waals surface area contributed by atoms with E-state index in [0.717, 1.165) is 5.56 Å². The van der Waals surface area contributed by atoms with Crippen LogP contribution >= 0.6 is 0 Å². The van der Waals surface area contributed by atoms with Gasteiger partial charge in [-0.2, -0.15) is 0 Å². The first-order valence-corrected chi connectivity index (χ1v) is 12.0. The van der Waals surface area contributed by atoms with Gasteiger partial charge in [-0.05, 0) is 36.7 Å². The number of nitrogens with two attached hydrogens (primary N) is 2. The summed E-state index contributed by atoms with van der Waals surface area (Å²) < 4.78 is 0. The number of primary amides is 1. The van der Waals surface area contributed by atoms with Crippen LogP contribution in [0.1, 0.15) is 52.5 Å². The van der Waals surface area contributed by atoms with E-state index in [1.165, 1.54) is 0 Å². The van der Waals surface area contributed by atoms with Gasteiger partial charge in [0.1, 0.15) is 18.1 Å². The summed E-state index contributed by atoms with van der Waals surface area (Å²) in [6, 6.07) is 4.79. The molecule has 0 saturated heterocycles. The minimum atomic E-state index is -1.52. The van der Waals surface area contributed by atoms with Gasteiger partial charge in [0.15, 0.2) is 0 Å². The average molecular weight is 506 g/mol. The number of carbonyl (C=O) groups is 5. The zero-order chi connectivity index (χ0) is 27.4. The molecule has 4 amide bonds. The molecule has 11 heteroatoms. The molecule has 4 atom stereocenters. The number of carboxylic acids is 1. The molecule has 0 spiro atoms. The van der Waals surface area contributed by atoms with Gasteiger partial charge in [0.05, 0.1) is 12.5 Å². The van der Waals surface area contributed by atoms with Gasteiger partial charge in [-0.25, -0.2) is 4.79 Å². The molecular formula is C25H39N5O6. The molecule has 200 valence electrons.